The monoisotopic (exact) mass is 398 g/mol. The second-order valence-electron chi connectivity index (χ2n) is 6.22. The number of aryl methyl sites for hydroxylation is 2. The number of carbonyl (C=O) groups excluding carboxylic acids is 1. The largest absolute Gasteiger partial charge is 0.326 e. The maximum atomic E-state index is 12.4. The van der Waals surface area contributed by atoms with Crippen molar-refractivity contribution in [2.45, 2.75) is 38.6 Å². The van der Waals surface area contributed by atoms with Gasteiger partial charge in [0, 0.05) is 31.2 Å². The van der Waals surface area contributed by atoms with Crippen molar-refractivity contribution in [1.29, 1.82) is 0 Å². The molecule has 2 rings (SSSR count). The van der Waals surface area contributed by atoms with Crippen molar-refractivity contribution in [3.8, 4) is 0 Å². The second-order valence-corrected chi connectivity index (χ2v) is 8.72. The van der Waals surface area contributed by atoms with Crippen LogP contribution in [0.4, 0.5) is 5.69 Å². The Labute approximate surface area is 159 Å². The van der Waals surface area contributed by atoms with Gasteiger partial charge in [0.15, 0.2) is 0 Å². The summed E-state index contributed by atoms with van der Waals surface area (Å²) in [6.45, 7) is 5.45. The average molecular weight is 399 g/mol. The molecule has 1 aromatic heterocycles. The van der Waals surface area contributed by atoms with Crippen LogP contribution in [0.3, 0.4) is 0 Å². The molecule has 0 bridgehead atoms. The predicted molar refractivity (Wildman–Crippen MR) is 102 cm³/mol. The van der Waals surface area contributed by atoms with Crippen molar-refractivity contribution in [3.05, 3.63) is 40.2 Å². The van der Waals surface area contributed by atoms with Gasteiger partial charge in [0.25, 0.3) is 0 Å². The minimum Gasteiger partial charge on any atom is -0.326 e. The van der Waals surface area contributed by atoms with E-state index >= 15 is 0 Å². The molecule has 0 aliphatic heterocycles. The third-order valence-corrected chi connectivity index (χ3v) is 6.62. The topological polar surface area (TPSA) is 84.3 Å². The summed E-state index contributed by atoms with van der Waals surface area (Å²) in [6.07, 6.45) is 0.162. The number of hydrogen-bond donors (Lipinski definition) is 1. The Bertz CT molecular complexity index is 936. The zero-order valence-corrected chi connectivity index (χ0v) is 17.1. The standard InChI is InChI=1S/C17H23ClN4O3S/c1-11-14(18)7-6-8-15(11)19-16(23)9-10-22-13(3)17(12(2)20-22)26(24,25)21(4)5/h6-8H,9-10H2,1-5H3,(H,19,23). The number of carbonyl (C=O) groups is 1. The molecular weight excluding hydrogens is 376 g/mol. The van der Waals surface area contributed by atoms with E-state index in [2.05, 4.69) is 10.4 Å². The van der Waals surface area contributed by atoms with E-state index in [9.17, 15) is 13.2 Å². The van der Waals surface area contributed by atoms with E-state index in [1.165, 1.54) is 14.1 Å². The Morgan fingerprint density at radius 2 is 1.92 bits per heavy atom. The molecule has 0 saturated heterocycles. The molecule has 0 aliphatic carbocycles. The number of nitrogens with one attached hydrogen (secondary N) is 1. The number of anilines is 1. The number of nitrogens with zero attached hydrogens (tertiary/aromatic N) is 3. The summed E-state index contributed by atoms with van der Waals surface area (Å²) in [6, 6.07) is 5.31. The van der Waals surface area contributed by atoms with Gasteiger partial charge >= 0.3 is 0 Å². The quantitative estimate of drug-likeness (QED) is 0.810. The van der Waals surface area contributed by atoms with Gasteiger partial charge in [0.05, 0.1) is 17.9 Å². The highest BCUT2D eigenvalue weighted by molar-refractivity contribution is 7.89. The Morgan fingerprint density at radius 3 is 2.54 bits per heavy atom. The van der Waals surface area contributed by atoms with Crippen LogP contribution < -0.4 is 5.32 Å². The molecule has 0 spiro atoms. The molecule has 0 radical (unpaired) electrons. The third kappa shape index (κ3) is 4.08. The normalized spacial score (nSPS) is 11.8. The van der Waals surface area contributed by atoms with E-state index < -0.39 is 10.0 Å². The molecule has 26 heavy (non-hydrogen) atoms. The van der Waals surface area contributed by atoms with Crippen molar-refractivity contribution >= 4 is 33.2 Å². The lowest BCUT2D eigenvalue weighted by atomic mass is 10.2. The average Bonchev–Trinajstić information content (AvgIpc) is 2.84. The molecule has 1 amide bonds. The molecule has 0 atom stereocenters. The van der Waals surface area contributed by atoms with Gasteiger partial charge in [-0.3, -0.25) is 9.48 Å². The second kappa shape index (κ2) is 7.77. The fourth-order valence-corrected chi connectivity index (χ4v) is 4.05. The van der Waals surface area contributed by atoms with Crippen molar-refractivity contribution in [3.63, 3.8) is 0 Å². The molecule has 0 aliphatic rings. The van der Waals surface area contributed by atoms with Crippen LogP contribution in [0, 0.1) is 20.8 Å². The molecule has 0 saturated carbocycles. The van der Waals surface area contributed by atoms with E-state index in [0.29, 0.717) is 22.1 Å². The van der Waals surface area contributed by atoms with Gasteiger partial charge in [0.2, 0.25) is 15.9 Å². The fraction of sp³-hybridized carbons (Fsp3) is 0.412. The van der Waals surface area contributed by atoms with Crippen molar-refractivity contribution in [2.75, 3.05) is 19.4 Å². The highest BCUT2D eigenvalue weighted by Crippen LogP contribution is 2.24. The van der Waals surface area contributed by atoms with Crippen LogP contribution in [0.2, 0.25) is 5.02 Å². The smallest absolute Gasteiger partial charge is 0.246 e. The lowest BCUT2D eigenvalue weighted by molar-refractivity contribution is -0.116. The Kier molecular flexibility index (Phi) is 6.10. The van der Waals surface area contributed by atoms with Gasteiger partial charge in [-0.15, -0.1) is 0 Å². The van der Waals surface area contributed by atoms with E-state index in [1.54, 1.807) is 36.7 Å². The van der Waals surface area contributed by atoms with Gasteiger partial charge in [-0.25, -0.2) is 12.7 Å². The molecular formula is C17H23ClN4O3S. The van der Waals surface area contributed by atoms with Crippen LogP contribution >= 0.6 is 11.6 Å². The van der Waals surface area contributed by atoms with E-state index in [-0.39, 0.29) is 23.8 Å². The van der Waals surface area contributed by atoms with Gasteiger partial charge < -0.3 is 5.32 Å². The molecule has 1 N–H and O–H groups in total. The van der Waals surface area contributed by atoms with Crippen LogP contribution in [0.25, 0.3) is 0 Å². The predicted octanol–water partition coefficient (Wildman–Crippen LogP) is 2.74. The van der Waals surface area contributed by atoms with E-state index in [4.69, 9.17) is 11.6 Å². The number of benzene rings is 1. The molecule has 2 aromatic rings. The summed E-state index contributed by atoms with van der Waals surface area (Å²) in [4.78, 5) is 12.4. The van der Waals surface area contributed by atoms with Crippen LogP contribution in [-0.2, 0) is 21.4 Å². The Balaban J connectivity index is 2.13. The van der Waals surface area contributed by atoms with Crippen LogP contribution in [0.15, 0.2) is 23.1 Å². The highest BCUT2D eigenvalue weighted by Gasteiger charge is 2.26. The highest BCUT2D eigenvalue weighted by atomic mass is 35.5. The minimum absolute atomic E-state index is 0.162. The number of rotatable bonds is 6. The van der Waals surface area contributed by atoms with Crippen LogP contribution in [-0.4, -0.2) is 42.5 Å². The lowest BCUT2D eigenvalue weighted by Gasteiger charge is -2.12. The lowest BCUT2D eigenvalue weighted by Crippen LogP contribution is -2.23. The molecule has 9 heteroatoms. The first kappa shape index (κ1) is 20.4. The maximum Gasteiger partial charge on any atom is 0.246 e. The Hall–Kier alpha value is -1.90. The number of sulfonamides is 1. The summed E-state index contributed by atoms with van der Waals surface area (Å²) in [7, 11) is -0.623. The maximum absolute atomic E-state index is 12.4. The molecule has 7 nitrogen and oxygen atoms in total. The zero-order valence-electron chi connectivity index (χ0n) is 15.5. The SMILES string of the molecule is Cc1nn(CCC(=O)Nc2cccc(Cl)c2C)c(C)c1S(=O)(=O)N(C)C. The molecule has 142 valence electrons. The van der Waals surface area contributed by atoms with E-state index in [1.807, 2.05) is 6.92 Å². The number of aromatic nitrogens is 2. The zero-order chi connectivity index (χ0) is 19.6. The van der Waals surface area contributed by atoms with Crippen molar-refractivity contribution in [2.24, 2.45) is 0 Å². The number of amides is 1. The third-order valence-electron chi connectivity index (χ3n) is 4.15. The van der Waals surface area contributed by atoms with Crippen molar-refractivity contribution < 1.29 is 13.2 Å². The molecule has 1 aromatic carbocycles. The summed E-state index contributed by atoms with van der Waals surface area (Å²) in [5, 5.41) is 7.68. The van der Waals surface area contributed by atoms with E-state index in [0.717, 1.165) is 9.87 Å². The summed E-state index contributed by atoms with van der Waals surface area (Å²) >= 11 is 6.05. The number of halogens is 1. The molecule has 0 fully saturated rings. The van der Waals surface area contributed by atoms with Crippen LogP contribution in [0.5, 0.6) is 0 Å². The fourth-order valence-electron chi connectivity index (χ4n) is 2.62. The van der Waals surface area contributed by atoms with Crippen LogP contribution in [0.1, 0.15) is 23.4 Å². The van der Waals surface area contributed by atoms with Gasteiger partial charge in [-0.2, -0.15) is 5.10 Å². The minimum atomic E-state index is -3.58. The van der Waals surface area contributed by atoms with Gasteiger partial charge in [-0.05, 0) is 38.5 Å². The Morgan fingerprint density at radius 1 is 1.27 bits per heavy atom. The van der Waals surface area contributed by atoms with Gasteiger partial charge in [-0.1, -0.05) is 17.7 Å². The summed E-state index contributed by atoms with van der Waals surface area (Å²) < 4.78 is 27.5. The number of hydrogen-bond acceptors (Lipinski definition) is 4. The summed E-state index contributed by atoms with van der Waals surface area (Å²) in [5.41, 5.74) is 2.39. The van der Waals surface area contributed by atoms with Gasteiger partial charge in [0.1, 0.15) is 4.90 Å². The molecule has 0 unspecified atom stereocenters. The first-order chi connectivity index (χ1) is 12.1. The first-order valence-electron chi connectivity index (χ1n) is 8.07. The molecule has 1 heterocycles. The first-order valence-corrected chi connectivity index (χ1v) is 9.89. The van der Waals surface area contributed by atoms with Crippen molar-refractivity contribution in [1.82, 2.24) is 14.1 Å². The summed E-state index contributed by atoms with van der Waals surface area (Å²) in [5.74, 6) is -0.195.